The van der Waals surface area contributed by atoms with Crippen LogP contribution >= 0.6 is 0 Å². The molecule has 1 heteroatoms. The number of hydrogen-bond donors (Lipinski definition) is 0. The number of benzene rings is 7. The lowest BCUT2D eigenvalue weighted by Gasteiger charge is -2.12. The Balaban J connectivity index is 1.16. The summed E-state index contributed by atoms with van der Waals surface area (Å²) in [6, 6.07) is 62.9. The van der Waals surface area contributed by atoms with Gasteiger partial charge in [-0.2, -0.15) is 0 Å². The number of aromatic nitrogens is 1. The molecule has 8 aromatic rings. The van der Waals surface area contributed by atoms with Crippen LogP contribution in [0.2, 0.25) is 0 Å². The fourth-order valence-electron chi connectivity index (χ4n) is 6.06. The summed E-state index contributed by atoms with van der Waals surface area (Å²) in [6.45, 7) is 0. The molecule has 7 aromatic carbocycles. The second kappa shape index (κ2) is 11.1. The highest BCUT2D eigenvalue weighted by Gasteiger charge is 2.10. The van der Waals surface area contributed by atoms with Crippen LogP contribution in [-0.4, -0.2) is 4.98 Å². The van der Waals surface area contributed by atoms with Gasteiger partial charge < -0.3 is 0 Å². The Morgan fingerprint density at radius 3 is 1.32 bits per heavy atom. The number of pyridine rings is 1. The highest BCUT2D eigenvalue weighted by Crippen LogP contribution is 2.34. The maximum atomic E-state index is 5.13. The summed E-state index contributed by atoms with van der Waals surface area (Å²) in [5.74, 6) is 0. The normalized spacial score (nSPS) is 11.2. The number of hydrogen-bond acceptors (Lipinski definition) is 1. The molecule has 0 amide bonds. The van der Waals surface area contributed by atoms with Crippen molar-refractivity contribution in [2.24, 2.45) is 0 Å². The molecule has 0 atom stereocenters. The first-order valence-corrected chi connectivity index (χ1v) is 15.0. The predicted octanol–water partition coefficient (Wildman–Crippen LogP) is 11.7. The quantitative estimate of drug-likeness (QED) is 0.204. The van der Waals surface area contributed by atoms with Gasteiger partial charge in [-0.25, -0.2) is 4.98 Å². The van der Waals surface area contributed by atoms with Gasteiger partial charge in [0.25, 0.3) is 0 Å². The minimum Gasteiger partial charge on any atom is -0.248 e. The standard InChI is InChI=1S/C43H29N/c1-3-10-30(11-4-1)41-28-42(32-13-5-2-6-14-32)44-43(29-41)40-23-22-38-26-37(20-21-39(38)27-40)35-17-9-16-34(25-35)36-19-18-31-12-7-8-15-33(31)24-36/h1-29H. The molecule has 206 valence electrons. The molecule has 0 saturated carbocycles. The Bertz CT molecular complexity index is 2210. The molecule has 0 aliphatic carbocycles. The van der Waals surface area contributed by atoms with Crippen LogP contribution in [0.15, 0.2) is 176 Å². The second-order valence-electron chi connectivity index (χ2n) is 11.3. The van der Waals surface area contributed by atoms with E-state index in [-0.39, 0.29) is 0 Å². The SMILES string of the molecule is c1ccc(-c2cc(-c3ccccc3)nc(-c3ccc4cc(-c5cccc(-c6ccc7ccccc7c6)c5)ccc4c3)c2)cc1. The molecule has 0 spiro atoms. The van der Waals surface area contributed by atoms with E-state index in [9.17, 15) is 0 Å². The smallest absolute Gasteiger partial charge is 0.0715 e. The summed E-state index contributed by atoms with van der Waals surface area (Å²) in [7, 11) is 0. The minimum atomic E-state index is 0.972. The van der Waals surface area contributed by atoms with Crippen molar-refractivity contribution in [1.82, 2.24) is 4.98 Å². The van der Waals surface area contributed by atoms with E-state index in [1.54, 1.807) is 0 Å². The molecule has 1 heterocycles. The monoisotopic (exact) mass is 559 g/mol. The van der Waals surface area contributed by atoms with E-state index in [1.165, 1.54) is 49.4 Å². The third kappa shape index (κ3) is 5.06. The van der Waals surface area contributed by atoms with E-state index < -0.39 is 0 Å². The summed E-state index contributed by atoms with van der Waals surface area (Å²) < 4.78 is 0. The third-order valence-corrected chi connectivity index (χ3v) is 8.42. The Kier molecular flexibility index (Phi) is 6.55. The molecule has 0 saturated heterocycles. The van der Waals surface area contributed by atoms with Gasteiger partial charge in [0, 0.05) is 11.1 Å². The van der Waals surface area contributed by atoms with Crippen molar-refractivity contribution in [2.75, 3.05) is 0 Å². The zero-order valence-electron chi connectivity index (χ0n) is 24.2. The first-order valence-electron chi connectivity index (χ1n) is 15.0. The number of rotatable bonds is 5. The molecule has 0 radical (unpaired) electrons. The number of fused-ring (bicyclic) bond motifs is 2. The second-order valence-corrected chi connectivity index (χ2v) is 11.3. The van der Waals surface area contributed by atoms with E-state index in [1.807, 2.05) is 6.07 Å². The van der Waals surface area contributed by atoms with Crippen molar-refractivity contribution < 1.29 is 0 Å². The Morgan fingerprint density at radius 1 is 0.227 bits per heavy atom. The van der Waals surface area contributed by atoms with Crippen LogP contribution in [0.4, 0.5) is 0 Å². The van der Waals surface area contributed by atoms with Crippen molar-refractivity contribution in [3.05, 3.63) is 176 Å². The molecule has 1 nitrogen and oxygen atoms in total. The zero-order valence-corrected chi connectivity index (χ0v) is 24.2. The number of nitrogens with zero attached hydrogens (tertiary/aromatic N) is 1. The van der Waals surface area contributed by atoms with Crippen LogP contribution in [0.3, 0.4) is 0 Å². The molecular weight excluding hydrogens is 530 g/mol. The van der Waals surface area contributed by atoms with Gasteiger partial charge in [-0.3, -0.25) is 0 Å². The summed E-state index contributed by atoms with van der Waals surface area (Å²) >= 11 is 0. The maximum absolute atomic E-state index is 5.13. The lowest BCUT2D eigenvalue weighted by Crippen LogP contribution is -1.91. The van der Waals surface area contributed by atoms with Gasteiger partial charge in [0.1, 0.15) is 0 Å². The zero-order chi connectivity index (χ0) is 29.3. The Morgan fingerprint density at radius 2 is 0.659 bits per heavy atom. The van der Waals surface area contributed by atoms with E-state index >= 15 is 0 Å². The molecular formula is C43H29N. The molecule has 0 N–H and O–H groups in total. The van der Waals surface area contributed by atoms with Crippen LogP contribution in [0.25, 0.3) is 77.4 Å². The van der Waals surface area contributed by atoms with Crippen molar-refractivity contribution in [3.8, 4) is 55.9 Å². The van der Waals surface area contributed by atoms with Crippen LogP contribution in [0.5, 0.6) is 0 Å². The van der Waals surface area contributed by atoms with Crippen molar-refractivity contribution in [3.63, 3.8) is 0 Å². The maximum Gasteiger partial charge on any atom is 0.0715 e. The first-order chi connectivity index (χ1) is 21.8. The molecule has 0 aliphatic rings. The van der Waals surface area contributed by atoms with Crippen LogP contribution in [0.1, 0.15) is 0 Å². The summed E-state index contributed by atoms with van der Waals surface area (Å²) in [5.41, 5.74) is 11.4. The molecule has 0 unspecified atom stereocenters. The average Bonchev–Trinajstić information content (AvgIpc) is 3.11. The average molecular weight is 560 g/mol. The van der Waals surface area contributed by atoms with Crippen LogP contribution in [-0.2, 0) is 0 Å². The fourth-order valence-corrected chi connectivity index (χ4v) is 6.06. The highest BCUT2D eigenvalue weighted by atomic mass is 14.7. The van der Waals surface area contributed by atoms with Gasteiger partial charge in [-0.1, -0.05) is 140 Å². The molecule has 0 aliphatic heterocycles. The summed E-state index contributed by atoms with van der Waals surface area (Å²) in [5, 5.41) is 4.94. The molecule has 8 rings (SSSR count). The minimum absolute atomic E-state index is 0.972. The van der Waals surface area contributed by atoms with E-state index in [2.05, 4.69) is 170 Å². The fraction of sp³-hybridized carbons (Fsp3) is 0. The van der Waals surface area contributed by atoms with E-state index in [4.69, 9.17) is 4.98 Å². The Labute approximate surface area is 257 Å². The molecule has 1 aromatic heterocycles. The predicted molar refractivity (Wildman–Crippen MR) is 186 cm³/mol. The summed E-state index contributed by atoms with van der Waals surface area (Å²) in [4.78, 5) is 5.13. The van der Waals surface area contributed by atoms with E-state index in [0.29, 0.717) is 0 Å². The first kappa shape index (κ1) is 25.9. The van der Waals surface area contributed by atoms with Gasteiger partial charge in [0.05, 0.1) is 11.4 Å². The largest absolute Gasteiger partial charge is 0.248 e. The van der Waals surface area contributed by atoms with Gasteiger partial charge in [-0.05, 0) is 91.3 Å². The van der Waals surface area contributed by atoms with Crippen LogP contribution < -0.4 is 0 Å². The lowest BCUT2D eigenvalue weighted by atomic mass is 9.95. The van der Waals surface area contributed by atoms with E-state index in [0.717, 1.165) is 28.1 Å². The van der Waals surface area contributed by atoms with Gasteiger partial charge in [0.15, 0.2) is 0 Å². The highest BCUT2D eigenvalue weighted by molar-refractivity contribution is 5.92. The van der Waals surface area contributed by atoms with Crippen molar-refractivity contribution >= 4 is 21.5 Å². The Hall–Kier alpha value is -5.79. The van der Waals surface area contributed by atoms with Crippen molar-refractivity contribution in [1.29, 1.82) is 0 Å². The van der Waals surface area contributed by atoms with Gasteiger partial charge in [0.2, 0.25) is 0 Å². The topological polar surface area (TPSA) is 12.9 Å². The third-order valence-electron chi connectivity index (χ3n) is 8.42. The van der Waals surface area contributed by atoms with Crippen LogP contribution in [0, 0.1) is 0 Å². The molecule has 44 heavy (non-hydrogen) atoms. The van der Waals surface area contributed by atoms with Gasteiger partial charge in [-0.15, -0.1) is 0 Å². The van der Waals surface area contributed by atoms with Crippen molar-refractivity contribution in [2.45, 2.75) is 0 Å². The lowest BCUT2D eigenvalue weighted by molar-refractivity contribution is 1.32. The molecule has 0 bridgehead atoms. The van der Waals surface area contributed by atoms with Gasteiger partial charge >= 0.3 is 0 Å². The molecule has 0 fully saturated rings. The summed E-state index contributed by atoms with van der Waals surface area (Å²) in [6.07, 6.45) is 0.